The van der Waals surface area contributed by atoms with Gasteiger partial charge in [0, 0.05) is 6.04 Å². The van der Waals surface area contributed by atoms with Crippen LogP contribution in [-0.2, 0) is 0 Å². The van der Waals surface area contributed by atoms with Crippen molar-refractivity contribution in [3.8, 4) is 11.5 Å². The first-order valence-electron chi connectivity index (χ1n) is 4.42. The monoisotopic (exact) mass is 179 g/mol. The van der Waals surface area contributed by atoms with Crippen LogP contribution >= 0.6 is 0 Å². The van der Waals surface area contributed by atoms with Crippen LogP contribution in [0.5, 0.6) is 11.5 Å². The molecule has 0 fully saturated rings. The quantitative estimate of drug-likeness (QED) is 0.710. The summed E-state index contributed by atoms with van der Waals surface area (Å²) in [7, 11) is 0. The zero-order valence-electron chi connectivity index (χ0n) is 7.62. The third-order valence-electron chi connectivity index (χ3n) is 2.09. The van der Waals surface area contributed by atoms with Gasteiger partial charge < -0.3 is 15.2 Å². The van der Waals surface area contributed by atoms with E-state index in [4.69, 9.17) is 15.2 Å². The van der Waals surface area contributed by atoms with Crippen LogP contribution in [0.2, 0.25) is 0 Å². The highest BCUT2D eigenvalue weighted by Crippen LogP contribution is 2.31. The van der Waals surface area contributed by atoms with E-state index in [0.29, 0.717) is 13.2 Å². The number of hydrogen-bond donors (Lipinski definition) is 1. The Kier molecular flexibility index (Phi) is 2.10. The molecule has 70 valence electrons. The maximum absolute atomic E-state index is 5.75. The molecule has 1 atom stereocenters. The first-order valence-corrected chi connectivity index (χ1v) is 4.42. The molecule has 1 aromatic carbocycles. The van der Waals surface area contributed by atoms with Crippen LogP contribution in [0.25, 0.3) is 0 Å². The zero-order chi connectivity index (χ0) is 9.26. The average molecular weight is 179 g/mol. The molecule has 1 aliphatic heterocycles. The van der Waals surface area contributed by atoms with Gasteiger partial charge in [0.2, 0.25) is 0 Å². The van der Waals surface area contributed by atoms with Gasteiger partial charge in [-0.1, -0.05) is 6.07 Å². The molecule has 3 nitrogen and oxygen atoms in total. The van der Waals surface area contributed by atoms with E-state index < -0.39 is 0 Å². The van der Waals surface area contributed by atoms with Gasteiger partial charge in [-0.15, -0.1) is 0 Å². The van der Waals surface area contributed by atoms with Gasteiger partial charge in [-0.2, -0.15) is 0 Å². The van der Waals surface area contributed by atoms with Crippen LogP contribution < -0.4 is 15.2 Å². The SMILES string of the molecule is CC(N)c1ccc2c(c1)OCCO2. The number of ether oxygens (including phenoxy) is 2. The molecule has 3 heteroatoms. The van der Waals surface area contributed by atoms with Gasteiger partial charge in [0.25, 0.3) is 0 Å². The fourth-order valence-corrected chi connectivity index (χ4v) is 1.34. The summed E-state index contributed by atoms with van der Waals surface area (Å²) < 4.78 is 10.8. The molecule has 1 aromatic rings. The summed E-state index contributed by atoms with van der Waals surface area (Å²) in [5, 5.41) is 0. The maximum atomic E-state index is 5.75. The smallest absolute Gasteiger partial charge is 0.161 e. The van der Waals surface area contributed by atoms with E-state index in [2.05, 4.69) is 0 Å². The second-order valence-corrected chi connectivity index (χ2v) is 3.19. The van der Waals surface area contributed by atoms with Gasteiger partial charge >= 0.3 is 0 Å². The van der Waals surface area contributed by atoms with E-state index in [0.717, 1.165) is 17.1 Å². The van der Waals surface area contributed by atoms with E-state index in [1.54, 1.807) is 0 Å². The molecular weight excluding hydrogens is 166 g/mol. The van der Waals surface area contributed by atoms with Gasteiger partial charge in [0.1, 0.15) is 13.2 Å². The van der Waals surface area contributed by atoms with Crippen LogP contribution in [0.3, 0.4) is 0 Å². The predicted molar refractivity (Wildman–Crippen MR) is 50.0 cm³/mol. The molecule has 2 rings (SSSR count). The van der Waals surface area contributed by atoms with Crippen molar-refractivity contribution in [3.05, 3.63) is 23.8 Å². The summed E-state index contributed by atoms with van der Waals surface area (Å²) in [6.07, 6.45) is 0. The lowest BCUT2D eigenvalue weighted by atomic mass is 10.1. The Hall–Kier alpha value is -1.22. The molecule has 0 bridgehead atoms. The zero-order valence-corrected chi connectivity index (χ0v) is 7.62. The molecule has 2 N–H and O–H groups in total. The summed E-state index contributed by atoms with van der Waals surface area (Å²) in [6, 6.07) is 5.86. The van der Waals surface area contributed by atoms with E-state index in [9.17, 15) is 0 Å². The lowest BCUT2D eigenvalue weighted by molar-refractivity contribution is 0.171. The number of nitrogens with two attached hydrogens (primary N) is 1. The first-order chi connectivity index (χ1) is 6.27. The van der Waals surface area contributed by atoms with Gasteiger partial charge in [-0.3, -0.25) is 0 Å². The van der Waals surface area contributed by atoms with Crippen molar-refractivity contribution in [2.75, 3.05) is 13.2 Å². The summed E-state index contributed by atoms with van der Waals surface area (Å²) >= 11 is 0. The second kappa shape index (κ2) is 3.26. The fourth-order valence-electron chi connectivity index (χ4n) is 1.34. The lowest BCUT2D eigenvalue weighted by Crippen LogP contribution is -2.16. The van der Waals surface area contributed by atoms with E-state index >= 15 is 0 Å². The first kappa shape index (κ1) is 8.38. The molecule has 0 spiro atoms. The summed E-state index contributed by atoms with van der Waals surface area (Å²) in [4.78, 5) is 0. The average Bonchev–Trinajstić information content (AvgIpc) is 2.17. The van der Waals surface area contributed by atoms with Crippen molar-refractivity contribution < 1.29 is 9.47 Å². The minimum absolute atomic E-state index is 0.0378. The van der Waals surface area contributed by atoms with Crippen molar-refractivity contribution in [2.45, 2.75) is 13.0 Å². The van der Waals surface area contributed by atoms with Crippen LogP contribution in [-0.4, -0.2) is 13.2 Å². The standard InChI is InChI=1S/C10H13NO2/c1-7(11)8-2-3-9-10(6-8)13-5-4-12-9/h2-3,6-7H,4-5,11H2,1H3. The molecule has 0 radical (unpaired) electrons. The maximum Gasteiger partial charge on any atom is 0.161 e. The van der Waals surface area contributed by atoms with Crippen molar-refractivity contribution in [1.82, 2.24) is 0 Å². The van der Waals surface area contributed by atoms with Crippen LogP contribution in [0.15, 0.2) is 18.2 Å². The van der Waals surface area contributed by atoms with Crippen molar-refractivity contribution in [1.29, 1.82) is 0 Å². The third-order valence-corrected chi connectivity index (χ3v) is 2.09. The Morgan fingerprint density at radius 1 is 1.23 bits per heavy atom. The summed E-state index contributed by atoms with van der Waals surface area (Å²) in [5.41, 5.74) is 6.82. The Balaban J connectivity index is 2.35. The minimum Gasteiger partial charge on any atom is -0.486 e. The molecule has 1 aliphatic rings. The normalized spacial score (nSPS) is 16.8. The molecule has 0 saturated heterocycles. The Bertz CT molecular complexity index is 310. The van der Waals surface area contributed by atoms with Gasteiger partial charge in [0.15, 0.2) is 11.5 Å². The highest BCUT2D eigenvalue weighted by atomic mass is 16.6. The van der Waals surface area contributed by atoms with Gasteiger partial charge in [-0.05, 0) is 24.6 Å². The molecule has 0 aliphatic carbocycles. The molecule has 0 aromatic heterocycles. The van der Waals surface area contributed by atoms with Crippen molar-refractivity contribution >= 4 is 0 Å². The molecular formula is C10H13NO2. The van der Waals surface area contributed by atoms with Gasteiger partial charge in [0.05, 0.1) is 0 Å². The van der Waals surface area contributed by atoms with Crippen LogP contribution in [0.1, 0.15) is 18.5 Å². The number of rotatable bonds is 1. The van der Waals surface area contributed by atoms with Crippen molar-refractivity contribution in [3.63, 3.8) is 0 Å². The summed E-state index contributed by atoms with van der Waals surface area (Å²) in [5.74, 6) is 1.62. The second-order valence-electron chi connectivity index (χ2n) is 3.19. The Morgan fingerprint density at radius 3 is 2.62 bits per heavy atom. The third kappa shape index (κ3) is 1.60. The lowest BCUT2D eigenvalue weighted by Gasteiger charge is -2.19. The fraction of sp³-hybridized carbons (Fsp3) is 0.400. The largest absolute Gasteiger partial charge is 0.486 e. The molecule has 13 heavy (non-hydrogen) atoms. The van der Waals surface area contributed by atoms with E-state index in [1.165, 1.54) is 0 Å². The Morgan fingerprint density at radius 2 is 1.92 bits per heavy atom. The Labute approximate surface area is 77.5 Å². The van der Waals surface area contributed by atoms with Gasteiger partial charge in [-0.25, -0.2) is 0 Å². The molecule has 0 saturated carbocycles. The molecule has 0 amide bonds. The van der Waals surface area contributed by atoms with E-state index in [-0.39, 0.29) is 6.04 Å². The summed E-state index contributed by atoms with van der Waals surface area (Å²) in [6.45, 7) is 3.20. The number of hydrogen-bond acceptors (Lipinski definition) is 3. The van der Waals surface area contributed by atoms with Crippen LogP contribution in [0.4, 0.5) is 0 Å². The van der Waals surface area contributed by atoms with Crippen LogP contribution in [0, 0.1) is 0 Å². The number of benzene rings is 1. The topological polar surface area (TPSA) is 44.5 Å². The molecule has 1 heterocycles. The predicted octanol–water partition coefficient (Wildman–Crippen LogP) is 1.48. The number of fused-ring (bicyclic) bond motifs is 1. The molecule has 1 unspecified atom stereocenters. The minimum atomic E-state index is 0.0378. The highest BCUT2D eigenvalue weighted by Gasteiger charge is 2.12. The van der Waals surface area contributed by atoms with E-state index in [1.807, 2.05) is 25.1 Å². The van der Waals surface area contributed by atoms with Crippen molar-refractivity contribution in [2.24, 2.45) is 5.73 Å². The highest BCUT2D eigenvalue weighted by molar-refractivity contribution is 5.44.